The number of carbonyl (C=O) groups is 1. The molecule has 1 rings (SSSR count). The van der Waals surface area contributed by atoms with Crippen molar-refractivity contribution in [2.24, 2.45) is 11.3 Å². The van der Waals surface area contributed by atoms with Crippen LogP contribution in [-0.4, -0.2) is 5.78 Å². The fourth-order valence-corrected chi connectivity index (χ4v) is 2.42. The van der Waals surface area contributed by atoms with E-state index in [1.165, 1.54) is 5.57 Å². The summed E-state index contributed by atoms with van der Waals surface area (Å²) >= 11 is 0. The van der Waals surface area contributed by atoms with Crippen LogP contribution < -0.4 is 0 Å². The molecule has 78 valence electrons. The number of hydrogen-bond donors (Lipinski definition) is 0. The van der Waals surface area contributed by atoms with E-state index in [9.17, 15) is 4.79 Å². The van der Waals surface area contributed by atoms with Crippen molar-refractivity contribution < 1.29 is 4.79 Å². The number of allylic oxidation sites excluding steroid dienone is 4. The number of rotatable bonds is 2. The predicted molar refractivity (Wildman–Crippen MR) is 60.1 cm³/mol. The average molecular weight is 192 g/mol. The van der Waals surface area contributed by atoms with E-state index in [1.54, 1.807) is 6.08 Å². The van der Waals surface area contributed by atoms with Crippen LogP contribution in [-0.2, 0) is 4.79 Å². The minimum atomic E-state index is 0.0902. The van der Waals surface area contributed by atoms with Crippen molar-refractivity contribution in [3.8, 4) is 0 Å². The molecule has 0 aromatic rings. The number of ketones is 1. The zero-order valence-electron chi connectivity index (χ0n) is 9.63. The van der Waals surface area contributed by atoms with Gasteiger partial charge in [0.1, 0.15) is 0 Å². The van der Waals surface area contributed by atoms with Gasteiger partial charge in [-0.1, -0.05) is 31.6 Å². The molecule has 1 aliphatic rings. The van der Waals surface area contributed by atoms with Gasteiger partial charge in [0, 0.05) is 5.92 Å². The third kappa shape index (κ3) is 2.14. The quantitative estimate of drug-likeness (QED) is 0.483. The van der Waals surface area contributed by atoms with Gasteiger partial charge in [0.15, 0.2) is 5.78 Å². The normalized spacial score (nSPS) is 26.3. The average Bonchev–Trinajstić information content (AvgIpc) is 2.02. The Balaban J connectivity index is 2.97. The molecule has 1 aliphatic carbocycles. The highest BCUT2D eigenvalue weighted by Crippen LogP contribution is 2.41. The van der Waals surface area contributed by atoms with Crippen LogP contribution in [0.5, 0.6) is 0 Å². The molecule has 0 fully saturated rings. The van der Waals surface area contributed by atoms with Gasteiger partial charge >= 0.3 is 0 Å². The third-order valence-electron chi connectivity index (χ3n) is 3.11. The Morgan fingerprint density at radius 2 is 2.21 bits per heavy atom. The molecule has 0 spiro atoms. The smallest absolute Gasteiger partial charge is 0.162 e. The lowest BCUT2D eigenvalue weighted by molar-refractivity contribution is -0.120. The monoisotopic (exact) mass is 192 g/mol. The highest BCUT2D eigenvalue weighted by molar-refractivity contribution is 5.94. The molecule has 0 aliphatic heterocycles. The van der Waals surface area contributed by atoms with Crippen molar-refractivity contribution in [3.63, 3.8) is 0 Å². The van der Waals surface area contributed by atoms with E-state index in [1.807, 2.05) is 13.0 Å². The van der Waals surface area contributed by atoms with Gasteiger partial charge in [-0.25, -0.2) is 0 Å². The predicted octanol–water partition coefficient (Wildman–Crippen LogP) is 3.51. The standard InChI is InChI=1S/C13H20O/c1-5-7-11(14)12-10(2)8-6-9-13(12,3)4/h5,7-8,12H,6,9H2,1-4H3. The molecule has 0 saturated heterocycles. The summed E-state index contributed by atoms with van der Waals surface area (Å²) in [5.41, 5.74) is 1.36. The minimum absolute atomic E-state index is 0.0902. The number of hydrogen-bond acceptors (Lipinski definition) is 1. The Hall–Kier alpha value is -0.850. The van der Waals surface area contributed by atoms with Gasteiger partial charge in [-0.2, -0.15) is 0 Å². The van der Waals surface area contributed by atoms with Crippen molar-refractivity contribution in [2.45, 2.75) is 40.5 Å². The fraction of sp³-hybridized carbons (Fsp3) is 0.615. The van der Waals surface area contributed by atoms with Gasteiger partial charge in [0.25, 0.3) is 0 Å². The highest BCUT2D eigenvalue weighted by atomic mass is 16.1. The van der Waals surface area contributed by atoms with Crippen molar-refractivity contribution in [1.82, 2.24) is 0 Å². The second kappa shape index (κ2) is 4.12. The molecular weight excluding hydrogens is 172 g/mol. The lowest BCUT2D eigenvalue weighted by atomic mass is 9.67. The van der Waals surface area contributed by atoms with Crippen LogP contribution in [0.1, 0.15) is 40.5 Å². The molecule has 0 heterocycles. The van der Waals surface area contributed by atoms with E-state index in [0.29, 0.717) is 0 Å². The molecular formula is C13H20O. The van der Waals surface area contributed by atoms with Crippen LogP contribution in [0.3, 0.4) is 0 Å². The maximum Gasteiger partial charge on any atom is 0.162 e. The van der Waals surface area contributed by atoms with Gasteiger partial charge in [-0.05, 0) is 38.2 Å². The Kier molecular flexibility index (Phi) is 3.30. The van der Waals surface area contributed by atoms with Crippen LogP contribution in [0, 0.1) is 11.3 Å². The second-order valence-electron chi connectivity index (χ2n) is 4.81. The van der Waals surface area contributed by atoms with Gasteiger partial charge in [-0.3, -0.25) is 4.79 Å². The van der Waals surface area contributed by atoms with Crippen LogP contribution in [0.25, 0.3) is 0 Å². The first-order valence-electron chi connectivity index (χ1n) is 5.32. The molecule has 0 aromatic carbocycles. The highest BCUT2D eigenvalue weighted by Gasteiger charge is 2.36. The topological polar surface area (TPSA) is 17.1 Å². The molecule has 0 N–H and O–H groups in total. The first kappa shape index (κ1) is 11.2. The number of carbonyl (C=O) groups excluding carboxylic acids is 1. The first-order valence-corrected chi connectivity index (χ1v) is 5.32. The Bertz CT molecular complexity index is 282. The maximum absolute atomic E-state index is 11.9. The molecule has 0 amide bonds. The molecule has 1 unspecified atom stereocenters. The largest absolute Gasteiger partial charge is 0.294 e. The van der Waals surface area contributed by atoms with Crippen LogP contribution in [0.4, 0.5) is 0 Å². The van der Waals surface area contributed by atoms with E-state index in [4.69, 9.17) is 0 Å². The molecule has 1 heteroatoms. The minimum Gasteiger partial charge on any atom is -0.294 e. The van der Waals surface area contributed by atoms with E-state index >= 15 is 0 Å². The third-order valence-corrected chi connectivity index (χ3v) is 3.11. The zero-order valence-corrected chi connectivity index (χ0v) is 9.63. The molecule has 0 bridgehead atoms. The first-order chi connectivity index (χ1) is 6.49. The summed E-state index contributed by atoms with van der Waals surface area (Å²) < 4.78 is 0. The fourth-order valence-electron chi connectivity index (χ4n) is 2.42. The van der Waals surface area contributed by atoms with Gasteiger partial charge < -0.3 is 0 Å². The molecule has 0 aromatic heterocycles. The van der Waals surface area contributed by atoms with E-state index < -0.39 is 0 Å². The summed E-state index contributed by atoms with van der Waals surface area (Å²) in [5.74, 6) is 0.346. The molecule has 0 radical (unpaired) electrons. The molecule has 14 heavy (non-hydrogen) atoms. The summed E-state index contributed by atoms with van der Waals surface area (Å²) in [6, 6.07) is 0. The van der Waals surface area contributed by atoms with Crippen LogP contribution >= 0.6 is 0 Å². The van der Waals surface area contributed by atoms with Gasteiger partial charge in [0.2, 0.25) is 0 Å². The summed E-state index contributed by atoms with van der Waals surface area (Å²) in [6.07, 6.45) is 7.96. The lowest BCUT2D eigenvalue weighted by Crippen LogP contribution is -2.33. The second-order valence-corrected chi connectivity index (χ2v) is 4.81. The van der Waals surface area contributed by atoms with Crippen molar-refractivity contribution in [3.05, 3.63) is 23.8 Å². The van der Waals surface area contributed by atoms with E-state index in [2.05, 4.69) is 26.8 Å². The molecule has 0 saturated carbocycles. The zero-order chi connectivity index (χ0) is 10.8. The van der Waals surface area contributed by atoms with Gasteiger partial charge in [-0.15, -0.1) is 0 Å². The summed E-state index contributed by atoms with van der Waals surface area (Å²) in [7, 11) is 0. The van der Waals surface area contributed by atoms with Gasteiger partial charge in [0.05, 0.1) is 0 Å². The van der Waals surface area contributed by atoms with E-state index in [0.717, 1.165) is 12.8 Å². The van der Waals surface area contributed by atoms with Crippen molar-refractivity contribution >= 4 is 5.78 Å². The summed E-state index contributed by atoms with van der Waals surface area (Å²) in [4.78, 5) is 11.9. The summed E-state index contributed by atoms with van der Waals surface area (Å²) in [6.45, 7) is 8.35. The van der Waals surface area contributed by atoms with Crippen molar-refractivity contribution in [1.29, 1.82) is 0 Å². The van der Waals surface area contributed by atoms with Crippen LogP contribution in [0.2, 0.25) is 0 Å². The Labute approximate surface area is 86.9 Å². The lowest BCUT2D eigenvalue weighted by Gasteiger charge is -2.36. The Morgan fingerprint density at radius 1 is 1.57 bits per heavy atom. The molecule has 1 atom stereocenters. The maximum atomic E-state index is 11.9. The SMILES string of the molecule is CC=CC(=O)C1C(C)=CCCC1(C)C. The Morgan fingerprint density at radius 3 is 2.71 bits per heavy atom. The van der Waals surface area contributed by atoms with Crippen molar-refractivity contribution in [2.75, 3.05) is 0 Å². The molecule has 1 nitrogen and oxygen atoms in total. The summed E-state index contributed by atoms with van der Waals surface area (Å²) in [5, 5.41) is 0. The van der Waals surface area contributed by atoms with Crippen LogP contribution in [0.15, 0.2) is 23.8 Å². The van der Waals surface area contributed by atoms with E-state index in [-0.39, 0.29) is 17.1 Å².